The third kappa shape index (κ3) is 4.29. The molecule has 140 valence electrons. The van der Waals surface area contributed by atoms with Gasteiger partial charge in [0, 0.05) is 11.3 Å². The van der Waals surface area contributed by atoms with Crippen LogP contribution in [0.2, 0.25) is 0 Å². The molecule has 0 fully saturated rings. The van der Waals surface area contributed by atoms with E-state index in [2.05, 4.69) is 18.0 Å². The van der Waals surface area contributed by atoms with Gasteiger partial charge in [-0.05, 0) is 62.2 Å². The van der Waals surface area contributed by atoms with E-state index in [1.165, 1.54) is 7.11 Å². The Labute approximate surface area is 160 Å². The lowest BCUT2D eigenvalue weighted by molar-refractivity contribution is 0.102. The van der Waals surface area contributed by atoms with Crippen molar-refractivity contribution in [2.75, 3.05) is 19.5 Å². The van der Waals surface area contributed by atoms with Crippen LogP contribution in [0.5, 0.6) is 11.5 Å². The molecule has 27 heavy (non-hydrogen) atoms. The number of hydrogen-bond donors (Lipinski definition) is 1. The van der Waals surface area contributed by atoms with E-state index in [0.29, 0.717) is 22.7 Å². The van der Waals surface area contributed by atoms with Crippen molar-refractivity contribution in [3.63, 3.8) is 0 Å². The molecular weight excluding hydrogens is 340 g/mol. The monoisotopic (exact) mass is 364 g/mol. The van der Waals surface area contributed by atoms with E-state index in [9.17, 15) is 10.1 Å². The maximum absolute atomic E-state index is 12.6. The number of anilines is 1. The fourth-order valence-corrected chi connectivity index (χ4v) is 2.76. The Kier molecular flexibility index (Phi) is 5.91. The van der Waals surface area contributed by atoms with Gasteiger partial charge in [0.25, 0.3) is 5.91 Å². The lowest BCUT2D eigenvalue weighted by Crippen LogP contribution is -2.17. The molecule has 0 bridgehead atoms. The van der Waals surface area contributed by atoms with Gasteiger partial charge in [-0.3, -0.25) is 4.79 Å². The number of allylic oxidation sites excluding steroid dienone is 1. The first-order valence-corrected chi connectivity index (χ1v) is 8.48. The zero-order valence-electron chi connectivity index (χ0n) is 16.3. The standard InChI is InChI=1S/C22H24N2O3/c1-14(2)17-12-16(8-9-18(17)22(3,4)13-23)24-21(25)15-7-10-19(26-5)20(11-15)27-6/h7-12H,1H2,2-6H3,(H,24,25). The minimum Gasteiger partial charge on any atom is -0.493 e. The first-order valence-electron chi connectivity index (χ1n) is 8.48. The number of hydrogen-bond acceptors (Lipinski definition) is 4. The Morgan fingerprint density at radius 2 is 1.78 bits per heavy atom. The third-order valence-electron chi connectivity index (χ3n) is 4.34. The molecule has 0 aliphatic carbocycles. The summed E-state index contributed by atoms with van der Waals surface area (Å²) in [6.45, 7) is 9.60. The normalized spacial score (nSPS) is 10.7. The number of ether oxygens (including phenoxy) is 2. The molecule has 5 heteroatoms. The summed E-state index contributed by atoms with van der Waals surface area (Å²) in [7, 11) is 3.06. The highest BCUT2D eigenvalue weighted by Gasteiger charge is 2.24. The third-order valence-corrected chi connectivity index (χ3v) is 4.34. The molecule has 0 aliphatic rings. The van der Waals surface area contributed by atoms with Crippen LogP contribution in [0.15, 0.2) is 43.0 Å². The average molecular weight is 364 g/mol. The van der Waals surface area contributed by atoms with Crippen molar-refractivity contribution in [2.24, 2.45) is 0 Å². The van der Waals surface area contributed by atoms with Gasteiger partial charge in [-0.15, -0.1) is 0 Å². The lowest BCUT2D eigenvalue weighted by atomic mass is 9.81. The number of rotatable bonds is 6. The van der Waals surface area contributed by atoms with Crippen LogP contribution in [0.1, 0.15) is 42.3 Å². The number of amides is 1. The summed E-state index contributed by atoms with van der Waals surface area (Å²) in [5, 5.41) is 12.3. The van der Waals surface area contributed by atoms with Gasteiger partial charge in [0.2, 0.25) is 0 Å². The first kappa shape index (κ1) is 20.1. The summed E-state index contributed by atoms with van der Waals surface area (Å²) < 4.78 is 10.4. The number of methoxy groups -OCH3 is 2. The van der Waals surface area contributed by atoms with Crippen LogP contribution in [-0.4, -0.2) is 20.1 Å². The van der Waals surface area contributed by atoms with E-state index in [-0.39, 0.29) is 5.91 Å². The van der Waals surface area contributed by atoms with Gasteiger partial charge >= 0.3 is 0 Å². The molecule has 0 aliphatic heterocycles. The Morgan fingerprint density at radius 1 is 1.11 bits per heavy atom. The number of benzene rings is 2. The highest BCUT2D eigenvalue weighted by atomic mass is 16.5. The molecule has 1 amide bonds. The van der Waals surface area contributed by atoms with Crippen molar-refractivity contribution in [1.82, 2.24) is 0 Å². The summed E-state index contributed by atoms with van der Waals surface area (Å²) >= 11 is 0. The Balaban J connectivity index is 2.35. The van der Waals surface area contributed by atoms with Crippen LogP contribution in [0, 0.1) is 11.3 Å². The topological polar surface area (TPSA) is 71.3 Å². The van der Waals surface area contributed by atoms with Gasteiger partial charge in [-0.1, -0.05) is 18.2 Å². The van der Waals surface area contributed by atoms with Crippen molar-refractivity contribution >= 4 is 17.2 Å². The van der Waals surface area contributed by atoms with Crippen molar-refractivity contribution < 1.29 is 14.3 Å². The molecule has 0 radical (unpaired) electrons. The SMILES string of the molecule is C=C(C)c1cc(NC(=O)c2ccc(OC)c(OC)c2)ccc1C(C)(C)C#N. The Hall–Kier alpha value is -3.26. The van der Waals surface area contributed by atoms with Gasteiger partial charge in [-0.2, -0.15) is 5.26 Å². The van der Waals surface area contributed by atoms with Gasteiger partial charge < -0.3 is 14.8 Å². The fraction of sp³-hybridized carbons (Fsp3) is 0.273. The highest BCUT2D eigenvalue weighted by Crippen LogP contribution is 2.32. The number of nitrogens with one attached hydrogen (secondary N) is 1. The summed E-state index contributed by atoms with van der Waals surface area (Å²) in [5.74, 6) is 0.775. The predicted octanol–water partition coefficient (Wildman–Crippen LogP) is 4.79. The van der Waals surface area contributed by atoms with Crippen LogP contribution in [0.25, 0.3) is 5.57 Å². The lowest BCUT2D eigenvalue weighted by Gasteiger charge is -2.21. The van der Waals surface area contributed by atoms with E-state index < -0.39 is 5.41 Å². The second-order valence-electron chi connectivity index (χ2n) is 6.80. The Morgan fingerprint density at radius 3 is 2.33 bits per heavy atom. The quantitative estimate of drug-likeness (QED) is 0.800. The van der Waals surface area contributed by atoms with Gasteiger partial charge in [0.15, 0.2) is 11.5 Å². The van der Waals surface area contributed by atoms with E-state index in [0.717, 1.165) is 16.7 Å². The molecule has 2 rings (SSSR count). The second-order valence-corrected chi connectivity index (χ2v) is 6.80. The molecule has 2 aromatic carbocycles. The van der Waals surface area contributed by atoms with Gasteiger partial charge in [-0.25, -0.2) is 0 Å². The van der Waals surface area contributed by atoms with Crippen LogP contribution in [0.4, 0.5) is 5.69 Å². The van der Waals surface area contributed by atoms with Crippen LogP contribution >= 0.6 is 0 Å². The number of nitrogens with zero attached hydrogens (tertiary/aromatic N) is 1. The molecule has 2 aromatic rings. The predicted molar refractivity (Wildman–Crippen MR) is 107 cm³/mol. The van der Waals surface area contributed by atoms with Crippen LogP contribution in [-0.2, 0) is 5.41 Å². The number of nitriles is 1. The van der Waals surface area contributed by atoms with Crippen molar-refractivity contribution in [3.05, 3.63) is 59.7 Å². The minimum absolute atomic E-state index is 0.268. The largest absolute Gasteiger partial charge is 0.493 e. The smallest absolute Gasteiger partial charge is 0.255 e. The molecule has 0 spiro atoms. The summed E-state index contributed by atoms with van der Waals surface area (Å²) in [6, 6.07) is 12.8. The molecule has 0 heterocycles. The van der Waals surface area contributed by atoms with Crippen molar-refractivity contribution in [3.8, 4) is 17.6 Å². The molecule has 1 N–H and O–H groups in total. The van der Waals surface area contributed by atoms with Crippen molar-refractivity contribution in [2.45, 2.75) is 26.2 Å². The molecule has 0 aromatic heterocycles. The number of carbonyl (C=O) groups is 1. The van der Waals surface area contributed by atoms with E-state index in [4.69, 9.17) is 9.47 Å². The molecular formula is C22H24N2O3. The average Bonchev–Trinajstić information content (AvgIpc) is 2.66. The molecule has 0 saturated carbocycles. The van der Waals surface area contributed by atoms with E-state index >= 15 is 0 Å². The first-order chi connectivity index (χ1) is 12.7. The summed E-state index contributed by atoms with van der Waals surface area (Å²) in [4.78, 5) is 12.6. The van der Waals surface area contributed by atoms with Crippen LogP contribution < -0.4 is 14.8 Å². The molecule has 5 nitrogen and oxygen atoms in total. The maximum Gasteiger partial charge on any atom is 0.255 e. The second kappa shape index (κ2) is 7.96. The molecule has 0 atom stereocenters. The van der Waals surface area contributed by atoms with E-state index in [1.54, 1.807) is 31.4 Å². The molecule has 0 saturated heterocycles. The highest BCUT2D eigenvalue weighted by molar-refractivity contribution is 6.04. The maximum atomic E-state index is 12.6. The van der Waals surface area contributed by atoms with E-state index in [1.807, 2.05) is 32.9 Å². The van der Waals surface area contributed by atoms with Gasteiger partial charge in [0.05, 0.1) is 25.7 Å². The minimum atomic E-state index is -0.653. The summed E-state index contributed by atoms with van der Waals surface area (Å²) in [5.41, 5.74) is 2.99. The number of carbonyl (C=O) groups excluding carboxylic acids is 1. The zero-order valence-corrected chi connectivity index (χ0v) is 16.3. The summed E-state index contributed by atoms with van der Waals surface area (Å²) in [6.07, 6.45) is 0. The fourth-order valence-electron chi connectivity index (χ4n) is 2.76. The van der Waals surface area contributed by atoms with Crippen LogP contribution in [0.3, 0.4) is 0 Å². The molecule has 0 unspecified atom stereocenters. The Bertz CT molecular complexity index is 924. The van der Waals surface area contributed by atoms with Crippen molar-refractivity contribution in [1.29, 1.82) is 5.26 Å². The zero-order chi connectivity index (χ0) is 20.2. The van der Waals surface area contributed by atoms with Gasteiger partial charge in [0.1, 0.15) is 0 Å².